The largest absolute Gasteiger partial charge is 0.355 e. The summed E-state index contributed by atoms with van der Waals surface area (Å²) in [5.41, 5.74) is 1.31. The van der Waals surface area contributed by atoms with Crippen molar-refractivity contribution in [2.45, 2.75) is 17.7 Å². The number of aromatic nitrogens is 1. The highest BCUT2D eigenvalue weighted by Crippen LogP contribution is 2.28. The normalized spacial score (nSPS) is 18.6. The predicted octanol–water partition coefficient (Wildman–Crippen LogP) is 1.80. The number of sulfonamides is 1. The summed E-state index contributed by atoms with van der Waals surface area (Å²) in [6.07, 6.45) is 3.62. The first-order valence-corrected chi connectivity index (χ1v) is 8.85. The fourth-order valence-corrected chi connectivity index (χ4v) is 3.69. The topological polar surface area (TPSA) is 76.3 Å². The second-order valence-electron chi connectivity index (χ2n) is 5.66. The Balaban J connectivity index is 1.76. The maximum atomic E-state index is 11.7. The van der Waals surface area contributed by atoms with Crippen LogP contribution in [0.3, 0.4) is 0 Å². The Morgan fingerprint density at radius 2 is 1.95 bits per heavy atom. The van der Waals surface area contributed by atoms with Crippen LogP contribution in [0.4, 0.5) is 5.82 Å². The van der Waals surface area contributed by atoms with Crippen LogP contribution in [0.5, 0.6) is 0 Å². The van der Waals surface area contributed by atoms with E-state index in [0.717, 1.165) is 25.9 Å². The average molecular weight is 317 g/mol. The number of benzene rings is 1. The molecule has 1 saturated heterocycles. The summed E-state index contributed by atoms with van der Waals surface area (Å²) in [5, 5.41) is 5.29. The van der Waals surface area contributed by atoms with Crippen molar-refractivity contribution in [2.75, 3.05) is 18.0 Å². The van der Waals surface area contributed by atoms with E-state index in [9.17, 15) is 8.42 Å². The Bertz CT molecular complexity index is 747. The third kappa shape index (κ3) is 3.28. The van der Waals surface area contributed by atoms with Gasteiger partial charge in [0.1, 0.15) is 10.7 Å². The van der Waals surface area contributed by atoms with Crippen molar-refractivity contribution in [2.24, 2.45) is 11.1 Å². The van der Waals surface area contributed by atoms with E-state index in [1.807, 2.05) is 23.1 Å². The molecule has 0 amide bonds. The molecule has 1 aliphatic rings. The molecule has 2 heterocycles. The number of hydrogen-bond acceptors (Lipinski definition) is 4. The van der Waals surface area contributed by atoms with Crippen LogP contribution in [-0.2, 0) is 16.4 Å². The molecular weight excluding hydrogens is 298 g/mol. The van der Waals surface area contributed by atoms with E-state index in [4.69, 9.17) is 5.14 Å². The van der Waals surface area contributed by atoms with Crippen molar-refractivity contribution in [3.8, 4) is 0 Å². The Morgan fingerprint density at radius 3 is 2.68 bits per heavy atom. The second kappa shape index (κ2) is 6.06. The van der Waals surface area contributed by atoms with Gasteiger partial charge in [-0.15, -0.1) is 0 Å². The molecule has 0 radical (unpaired) electrons. The van der Waals surface area contributed by atoms with Crippen molar-refractivity contribution in [1.82, 2.24) is 4.98 Å². The summed E-state index contributed by atoms with van der Waals surface area (Å²) in [7, 11) is -3.75. The third-order valence-electron chi connectivity index (χ3n) is 4.01. The standard InChI is InChI=1S/C16H19N3O2S/c17-22(20,21)15-7-4-9-18-16(15)19-10-8-14(12-19)11-13-5-2-1-3-6-13/h1-7,9,14H,8,10-12H2,(H2,17,20,21). The summed E-state index contributed by atoms with van der Waals surface area (Å²) >= 11 is 0. The molecule has 5 nitrogen and oxygen atoms in total. The van der Waals surface area contributed by atoms with Gasteiger partial charge in [-0.2, -0.15) is 0 Å². The molecule has 0 aliphatic carbocycles. The lowest BCUT2D eigenvalue weighted by molar-refractivity contribution is 0.584. The van der Waals surface area contributed by atoms with Gasteiger partial charge in [-0.25, -0.2) is 18.5 Å². The molecule has 116 valence electrons. The highest BCUT2D eigenvalue weighted by molar-refractivity contribution is 7.89. The number of pyridine rings is 1. The van der Waals surface area contributed by atoms with Gasteiger partial charge in [0.2, 0.25) is 10.0 Å². The molecule has 1 aliphatic heterocycles. The van der Waals surface area contributed by atoms with E-state index < -0.39 is 10.0 Å². The van der Waals surface area contributed by atoms with Crippen LogP contribution in [-0.4, -0.2) is 26.5 Å². The zero-order valence-electron chi connectivity index (χ0n) is 12.2. The minimum absolute atomic E-state index is 0.107. The van der Waals surface area contributed by atoms with E-state index in [1.54, 1.807) is 12.3 Å². The van der Waals surface area contributed by atoms with Gasteiger partial charge < -0.3 is 4.90 Å². The summed E-state index contributed by atoms with van der Waals surface area (Å²) in [5.74, 6) is 0.971. The molecule has 3 rings (SSSR count). The molecular formula is C16H19N3O2S. The van der Waals surface area contributed by atoms with E-state index >= 15 is 0 Å². The lowest BCUT2D eigenvalue weighted by Gasteiger charge is -2.19. The van der Waals surface area contributed by atoms with Crippen LogP contribution in [0.15, 0.2) is 53.6 Å². The molecule has 0 saturated carbocycles. The zero-order valence-corrected chi connectivity index (χ0v) is 13.0. The average Bonchev–Trinajstić information content (AvgIpc) is 2.96. The number of anilines is 1. The maximum absolute atomic E-state index is 11.7. The first kappa shape index (κ1) is 15.0. The van der Waals surface area contributed by atoms with Crippen LogP contribution < -0.4 is 10.0 Å². The Morgan fingerprint density at radius 1 is 1.18 bits per heavy atom. The lowest BCUT2D eigenvalue weighted by atomic mass is 9.99. The Kier molecular flexibility index (Phi) is 4.13. The van der Waals surface area contributed by atoms with Crippen LogP contribution in [0.25, 0.3) is 0 Å². The molecule has 1 aromatic heterocycles. The smallest absolute Gasteiger partial charge is 0.241 e. The zero-order chi connectivity index (χ0) is 15.6. The molecule has 1 aromatic carbocycles. The highest BCUT2D eigenvalue weighted by Gasteiger charge is 2.27. The second-order valence-corrected chi connectivity index (χ2v) is 7.19. The number of primary sulfonamides is 1. The van der Waals surface area contributed by atoms with Gasteiger partial charge in [0.25, 0.3) is 0 Å². The molecule has 1 atom stereocenters. The van der Waals surface area contributed by atoms with Crippen LogP contribution in [0.1, 0.15) is 12.0 Å². The van der Waals surface area contributed by atoms with Gasteiger partial charge in [-0.1, -0.05) is 30.3 Å². The summed E-state index contributed by atoms with van der Waals surface area (Å²) in [4.78, 5) is 6.36. The Hall–Kier alpha value is -1.92. The molecule has 2 N–H and O–H groups in total. The molecule has 0 spiro atoms. The first-order valence-electron chi connectivity index (χ1n) is 7.31. The molecule has 2 aromatic rings. The Labute approximate surface area is 130 Å². The monoisotopic (exact) mass is 317 g/mol. The SMILES string of the molecule is NS(=O)(=O)c1cccnc1N1CCC(Cc2ccccc2)C1. The number of hydrogen-bond donors (Lipinski definition) is 1. The molecule has 0 bridgehead atoms. The molecule has 1 fully saturated rings. The van der Waals surface area contributed by atoms with E-state index in [2.05, 4.69) is 17.1 Å². The van der Waals surface area contributed by atoms with Crippen molar-refractivity contribution >= 4 is 15.8 Å². The van der Waals surface area contributed by atoms with Gasteiger partial charge >= 0.3 is 0 Å². The van der Waals surface area contributed by atoms with Crippen molar-refractivity contribution in [3.63, 3.8) is 0 Å². The lowest BCUT2D eigenvalue weighted by Crippen LogP contribution is -2.25. The van der Waals surface area contributed by atoms with Gasteiger partial charge in [-0.3, -0.25) is 0 Å². The third-order valence-corrected chi connectivity index (χ3v) is 4.94. The fourth-order valence-electron chi connectivity index (χ4n) is 2.98. The van der Waals surface area contributed by atoms with Gasteiger partial charge in [-0.05, 0) is 36.5 Å². The van der Waals surface area contributed by atoms with E-state index in [0.29, 0.717) is 11.7 Å². The summed E-state index contributed by atoms with van der Waals surface area (Å²) < 4.78 is 23.4. The summed E-state index contributed by atoms with van der Waals surface area (Å²) in [6.45, 7) is 1.60. The quantitative estimate of drug-likeness (QED) is 0.933. The number of nitrogens with zero attached hydrogens (tertiary/aromatic N) is 2. The fraction of sp³-hybridized carbons (Fsp3) is 0.312. The minimum Gasteiger partial charge on any atom is -0.355 e. The van der Waals surface area contributed by atoms with Gasteiger partial charge in [0.05, 0.1) is 0 Å². The minimum atomic E-state index is -3.75. The molecule has 6 heteroatoms. The van der Waals surface area contributed by atoms with Gasteiger partial charge in [0.15, 0.2) is 0 Å². The summed E-state index contributed by atoms with van der Waals surface area (Å²) in [6, 6.07) is 13.5. The molecule has 1 unspecified atom stereocenters. The van der Waals surface area contributed by atoms with E-state index in [1.165, 1.54) is 11.6 Å². The predicted molar refractivity (Wildman–Crippen MR) is 86.1 cm³/mol. The highest BCUT2D eigenvalue weighted by atomic mass is 32.2. The van der Waals surface area contributed by atoms with Gasteiger partial charge in [0, 0.05) is 19.3 Å². The van der Waals surface area contributed by atoms with Crippen molar-refractivity contribution < 1.29 is 8.42 Å². The van der Waals surface area contributed by atoms with Crippen molar-refractivity contribution in [3.05, 3.63) is 54.2 Å². The maximum Gasteiger partial charge on any atom is 0.241 e. The number of nitrogens with two attached hydrogens (primary N) is 1. The number of rotatable bonds is 4. The molecule has 22 heavy (non-hydrogen) atoms. The first-order chi connectivity index (χ1) is 10.5. The van der Waals surface area contributed by atoms with Crippen LogP contribution in [0.2, 0.25) is 0 Å². The van der Waals surface area contributed by atoms with Crippen LogP contribution in [0, 0.1) is 5.92 Å². The van der Waals surface area contributed by atoms with E-state index in [-0.39, 0.29) is 4.90 Å². The van der Waals surface area contributed by atoms with Crippen LogP contribution >= 0.6 is 0 Å². The van der Waals surface area contributed by atoms with Crippen molar-refractivity contribution in [1.29, 1.82) is 0 Å².